The third-order valence-corrected chi connectivity index (χ3v) is 2.30. The third kappa shape index (κ3) is 7.64. The normalized spacial score (nSPS) is 10.9. The summed E-state index contributed by atoms with van der Waals surface area (Å²) in [5.41, 5.74) is 1.29. The van der Waals surface area contributed by atoms with Crippen molar-refractivity contribution in [2.45, 2.75) is 39.2 Å². The summed E-state index contributed by atoms with van der Waals surface area (Å²) >= 11 is 0. The fourth-order valence-corrected chi connectivity index (χ4v) is 1.38. The summed E-state index contributed by atoms with van der Waals surface area (Å²) in [6.45, 7) is 3.75. The van der Waals surface area contributed by atoms with Crippen LogP contribution in [0.1, 0.15) is 32.3 Å². The standard InChI is InChI=1S/C13H18O2.HOP/c1-3-13(14)15-11(2)9-10-12-7-5-4-6-8-12;1-2/h4-8,11H,3,9-10H2,1-2H3;2H. The minimum absolute atomic E-state index is 0.0117. The van der Waals surface area contributed by atoms with E-state index >= 15 is 0 Å². The van der Waals surface area contributed by atoms with Crippen molar-refractivity contribution in [2.24, 2.45) is 0 Å². The van der Waals surface area contributed by atoms with E-state index < -0.39 is 0 Å². The van der Waals surface area contributed by atoms with Gasteiger partial charge in [0.25, 0.3) is 0 Å². The van der Waals surface area contributed by atoms with Crippen LogP contribution in [0.25, 0.3) is 0 Å². The lowest BCUT2D eigenvalue weighted by molar-refractivity contribution is -0.148. The average molecular weight is 254 g/mol. The second-order valence-corrected chi connectivity index (χ2v) is 3.68. The molecule has 4 heteroatoms. The molecule has 0 spiro atoms. The second-order valence-electron chi connectivity index (χ2n) is 3.68. The molecule has 94 valence electrons. The molecule has 0 aliphatic carbocycles. The maximum atomic E-state index is 11.0. The van der Waals surface area contributed by atoms with Gasteiger partial charge in [0.1, 0.15) is 9.12 Å². The van der Waals surface area contributed by atoms with E-state index in [1.165, 1.54) is 5.56 Å². The fourth-order valence-electron chi connectivity index (χ4n) is 1.38. The van der Waals surface area contributed by atoms with Crippen molar-refractivity contribution in [3.8, 4) is 0 Å². The number of hydrogen-bond donors (Lipinski definition) is 0. The summed E-state index contributed by atoms with van der Waals surface area (Å²) in [5, 5.41) is 0. The van der Waals surface area contributed by atoms with E-state index in [1.807, 2.05) is 32.0 Å². The SMILES string of the molecule is CCC(=O)OC(C)CCc1ccccc1.O=P. The monoisotopic (exact) mass is 254 g/mol. The van der Waals surface area contributed by atoms with Crippen molar-refractivity contribution >= 4 is 15.1 Å². The highest BCUT2D eigenvalue weighted by Gasteiger charge is 2.07. The Morgan fingerprint density at radius 1 is 1.29 bits per heavy atom. The van der Waals surface area contributed by atoms with Crippen molar-refractivity contribution in [1.82, 2.24) is 0 Å². The summed E-state index contributed by atoms with van der Waals surface area (Å²) in [7, 11) is 1.72. The summed E-state index contributed by atoms with van der Waals surface area (Å²) in [4.78, 5) is 11.0. The van der Waals surface area contributed by atoms with E-state index in [0.717, 1.165) is 12.8 Å². The smallest absolute Gasteiger partial charge is 0.305 e. The molecule has 0 bridgehead atoms. The van der Waals surface area contributed by atoms with Crippen LogP contribution in [-0.4, -0.2) is 12.1 Å². The lowest BCUT2D eigenvalue weighted by Gasteiger charge is -2.12. The molecule has 0 heterocycles. The quantitative estimate of drug-likeness (QED) is 0.597. The molecular weight excluding hydrogens is 235 g/mol. The summed E-state index contributed by atoms with van der Waals surface area (Å²) in [6.07, 6.45) is 2.31. The van der Waals surface area contributed by atoms with Gasteiger partial charge in [-0.25, -0.2) is 0 Å². The molecule has 1 rings (SSSR count). The van der Waals surface area contributed by atoms with Crippen LogP contribution in [0.3, 0.4) is 0 Å². The van der Waals surface area contributed by atoms with E-state index in [4.69, 9.17) is 9.30 Å². The number of benzene rings is 1. The van der Waals surface area contributed by atoms with Gasteiger partial charge < -0.3 is 4.74 Å². The average Bonchev–Trinajstić information content (AvgIpc) is 2.40. The summed E-state index contributed by atoms with van der Waals surface area (Å²) in [6, 6.07) is 10.2. The molecule has 0 aliphatic rings. The topological polar surface area (TPSA) is 43.4 Å². The molecule has 0 radical (unpaired) electrons. The number of hydrogen-bond acceptors (Lipinski definition) is 3. The minimum atomic E-state index is -0.115. The van der Waals surface area contributed by atoms with Crippen LogP contribution in [0.15, 0.2) is 30.3 Å². The van der Waals surface area contributed by atoms with Crippen LogP contribution in [0, 0.1) is 0 Å². The Morgan fingerprint density at radius 2 is 1.88 bits per heavy atom. The molecule has 1 aromatic rings. The molecule has 0 amide bonds. The van der Waals surface area contributed by atoms with Crippen molar-refractivity contribution in [3.05, 3.63) is 35.9 Å². The number of ether oxygens (including phenoxy) is 1. The molecule has 1 aromatic carbocycles. The molecule has 0 saturated carbocycles. The number of carbonyl (C=O) groups is 1. The van der Waals surface area contributed by atoms with Gasteiger partial charge in [0.15, 0.2) is 0 Å². The van der Waals surface area contributed by atoms with E-state index in [2.05, 4.69) is 12.1 Å². The predicted molar refractivity (Wildman–Crippen MR) is 69.6 cm³/mol. The van der Waals surface area contributed by atoms with Crippen LogP contribution in [-0.2, 0) is 20.5 Å². The van der Waals surface area contributed by atoms with Gasteiger partial charge in [-0.15, -0.1) is 0 Å². The van der Waals surface area contributed by atoms with Gasteiger partial charge in [-0.05, 0) is 25.3 Å². The van der Waals surface area contributed by atoms with Crippen LogP contribution in [0.5, 0.6) is 0 Å². The largest absolute Gasteiger partial charge is 0.463 e. The Morgan fingerprint density at radius 3 is 2.41 bits per heavy atom. The molecule has 0 aliphatic heterocycles. The summed E-state index contributed by atoms with van der Waals surface area (Å²) in [5.74, 6) is -0.115. The van der Waals surface area contributed by atoms with E-state index in [9.17, 15) is 4.79 Å². The summed E-state index contributed by atoms with van der Waals surface area (Å²) < 4.78 is 13.2. The van der Waals surface area contributed by atoms with E-state index in [-0.39, 0.29) is 12.1 Å². The number of rotatable bonds is 5. The maximum absolute atomic E-state index is 11.0. The van der Waals surface area contributed by atoms with Crippen molar-refractivity contribution < 1.29 is 14.1 Å². The molecule has 0 N–H and O–H groups in total. The van der Waals surface area contributed by atoms with Crippen LogP contribution < -0.4 is 0 Å². The zero-order valence-corrected chi connectivity index (χ0v) is 11.3. The van der Waals surface area contributed by atoms with Gasteiger partial charge in [0.2, 0.25) is 0 Å². The van der Waals surface area contributed by atoms with E-state index in [0.29, 0.717) is 6.42 Å². The first kappa shape index (κ1) is 15.8. The van der Waals surface area contributed by atoms with Crippen LogP contribution >= 0.6 is 9.12 Å². The molecule has 0 fully saturated rings. The molecule has 17 heavy (non-hydrogen) atoms. The fraction of sp³-hybridized carbons (Fsp3) is 0.462. The first-order valence-electron chi connectivity index (χ1n) is 5.66. The lowest BCUT2D eigenvalue weighted by Crippen LogP contribution is -2.14. The highest BCUT2D eigenvalue weighted by molar-refractivity contribution is 7.00. The first-order valence-corrected chi connectivity index (χ1v) is 6.07. The van der Waals surface area contributed by atoms with Gasteiger partial charge in [-0.1, -0.05) is 37.3 Å². The first-order chi connectivity index (χ1) is 8.22. The number of carbonyl (C=O) groups excluding carboxylic acids is 1. The predicted octanol–water partition coefficient (Wildman–Crippen LogP) is 3.44. The van der Waals surface area contributed by atoms with Gasteiger partial charge >= 0.3 is 5.97 Å². The Kier molecular flexibility index (Phi) is 9.27. The van der Waals surface area contributed by atoms with E-state index in [1.54, 1.807) is 9.12 Å². The molecular formula is C13H19O3P. The van der Waals surface area contributed by atoms with Crippen molar-refractivity contribution in [1.29, 1.82) is 0 Å². The molecule has 1 unspecified atom stereocenters. The highest BCUT2D eigenvalue weighted by atomic mass is 31.0. The minimum Gasteiger partial charge on any atom is -0.463 e. The van der Waals surface area contributed by atoms with Crippen molar-refractivity contribution in [2.75, 3.05) is 0 Å². The molecule has 1 atom stereocenters. The lowest BCUT2D eigenvalue weighted by atomic mass is 10.1. The third-order valence-electron chi connectivity index (χ3n) is 2.30. The zero-order chi connectivity index (χ0) is 13.1. The van der Waals surface area contributed by atoms with Gasteiger partial charge in [-0.2, -0.15) is 0 Å². The molecule has 0 saturated heterocycles. The van der Waals surface area contributed by atoms with Gasteiger partial charge in [0.05, 0.1) is 6.10 Å². The Bertz CT molecular complexity index is 314. The van der Waals surface area contributed by atoms with Crippen molar-refractivity contribution in [3.63, 3.8) is 0 Å². The number of aryl methyl sites for hydroxylation is 1. The molecule has 3 nitrogen and oxygen atoms in total. The van der Waals surface area contributed by atoms with Crippen LogP contribution in [0.2, 0.25) is 0 Å². The molecule has 0 aromatic heterocycles. The second kappa shape index (κ2) is 9.98. The zero-order valence-electron chi connectivity index (χ0n) is 10.3. The van der Waals surface area contributed by atoms with Crippen LogP contribution in [0.4, 0.5) is 0 Å². The van der Waals surface area contributed by atoms with Gasteiger partial charge in [0, 0.05) is 6.42 Å². The Labute approximate surface area is 105 Å². The number of esters is 1. The Hall–Kier alpha value is -1.21. The maximum Gasteiger partial charge on any atom is 0.305 e. The van der Waals surface area contributed by atoms with Gasteiger partial charge in [-0.3, -0.25) is 9.36 Å². The highest BCUT2D eigenvalue weighted by Crippen LogP contribution is 2.07. The Balaban J connectivity index is 0.00000121.